The number of benzene rings is 2. The van der Waals surface area contributed by atoms with Gasteiger partial charge in [0, 0.05) is 22.5 Å². The van der Waals surface area contributed by atoms with Gasteiger partial charge in [0.05, 0.1) is 17.5 Å². The number of aromatic nitrogens is 3. The fraction of sp³-hybridized carbons (Fsp3) is 0.304. The molecule has 2 aromatic heterocycles. The van der Waals surface area contributed by atoms with Crippen LogP contribution in [0.5, 0.6) is 0 Å². The lowest BCUT2D eigenvalue weighted by atomic mass is 9.86. The first-order valence-corrected chi connectivity index (χ1v) is 12.8. The minimum Gasteiger partial charge on any atom is -0.422 e. The van der Waals surface area contributed by atoms with Crippen molar-refractivity contribution >= 4 is 38.2 Å². The first-order valence-electron chi connectivity index (χ1n) is 10.5. The number of fused-ring (bicyclic) bond motifs is 1. The Kier molecular flexibility index (Phi) is 5.02. The van der Waals surface area contributed by atoms with Crippen LogP contribution >= 0.6 is 11.6 Å². The number of hydrogen-bond acceptors (Lipinski definition) is 5. The summed E-state index contributed by atoms with van der Waals surface area (Å²) in [6, 6.07) is 15.1. The molecular formula is C23H23ClN4O3S. The van der Waals surface area contributed by atoms with Gasteiger partial charge in [-0.05, 0) is 55.2 Å². The minimum absolute atomic E-state index is 0.336. The lowest BCUT2D eigenvalue weighted by Gasteiger charge is -2.33. The molecule has 1 aliphatic carbocycles. The molecule has 0 spiro atoms. The van der Waals surface area contributed by atoms with Crippen LogP contribution in [0.3, 0.4) is 0 Å². The third-order valence-corrected chi connectivity index (χ3v) is 6.84. The molecule has 1 atom stereocenters. The minimum atomic E-state index is -3.42. The molecule has 1 fully saturated rings. The largest absolute Gasteiger partial charge is 0.422 e. The SMILES string of the molecule is CCC(c1ccc(Cl)cc1)(c1nnc(C2CC2)o1)n1ccc2c(NS(C)(=O)=O)cccc21. The summed E-state index contributed by atoms with van der Waals surface area (Å²) < 4.78 is 34.7. The molecule has 2 aromatic carbocycles. The molecule has 1 saturated carbocycles. The summed E-state index contributed by atoms with van der Waals surface area (Å²) >= 11 is 6.18. The number of nitrogens with zero attached hydrogens (tertiary/aromatic N) is 3. The van der Waals surface area contributed by atoms with Gasteiger partial charge in [-0.3, -0.25) is 4.72 Å². The van der Waals surface area contributed by atoms with Gasteiger partial charge in [-0.1, -0.05) is 36.7 Å². The Morgan fingerprint density at radius 1 is 1.16 bits per heavy atom. The van der Waals surface area contributed by atoms with Crippen LogP contribution in [-0.2, 0) is 15.6 Å². The summed E-state index contributed by atoms with van der Waals surface area (Å²) in [6.45, 7) is 2.07. The fourth-order valence-electron chi connectivity index (χ4n) is 4.30. The van der Waals surface area contributed by atoms with Crippen LogP contribution in [0.4, 0.5) is 5.69 Å². The maximum Gasteiger partial charge on any atom is 0.246 e. The predicted molar refractivity (Wildman–Crippen MR) is 125 cm³/mol. The summed E-state index contributed by atoms with van der Waals surface area (Å²) in [7, 11) is -3.42. The van der Waals surface area contributed by atoms with E-state index >= 15 is 0 Å². The van der Waals surface area contributed by atoms with Crippen molar-refractivity contribution < 1.29 is 12.8 Å². The van der Waals surface area contributed by atoms with Gasteiger partial charge in [-0.25, -0.2) is 8.42 Å². The lowest BCUT2D eigenvalue weighted by Crippen LogP contribution is -2.35. The topological polar surface area (TPSA) is 90.0 Å². The Morgan fingerprint density at radius 3 is 2.56 bits per heavy atom. The van der Waals surface area contributed by atoms with Crippen LogP contribution in [0.25, 0.3) is 10.9 Å². The van der Waals surface area contributed by atoms with E-state index in [1.807, 2.05) is 48.7 Å². The monoisotopic (exact) mass is 470 g/mol. The van der Waals surface area contributed by atoms with Gasteiger partial charge < -0.3 is 8.98 Å². The quantitative estimate of drug-likeness (QED) is 0.404. The molecular weight excluding hydrogens is 448 g/mol. The van der Waals surface area contributed by atoms with Crippen molar-refractivity contribution in [2.45, 2.75) is 37.6 Å². The van der Waals surface area contributed by atoms with Crippen molar-refractivity contribution in [1.82, 2.24) is 14.8 Å². The highest BCUT2D eigenvalue weighted by Crippen LogP contribution is 2.44. The van der Waals surface area contributed by atoms with Crippen LogP contribution in [0.15, 0.2) is 59.1 Å². The summed E-state index contributed by atoms with van der Waals surface area (Å²) in [6.07, 6.45) is 5.85. The van der Waals surface area contributed by atoms with Gasteiger partial charge in [0.1, 0.15) is 5.54 Å². The number of sulfonamides is 1. The molecule has 0 aliphatic heterocycles. The van der Waals surface area contributed by atoms with Crippen molar-refractivity contribution in [2.24, 2.45) is 0 Å². The zero-order chi connectivity index (χ0) is 22.5. The van der Waals surface area contributed by atoms with Gasteiger partial charge in [0.25, 0.3) is 0 Å². The van der Waals surface area contributed by atoms with E-state index < -0.39 is 15.6 Å². The Hall–Kier alpha value is -2.84. The van der Waals surface area contributed by atoms with Crippen molar-refractivity contribution in [3.8, 4) is 0 Å². The Bertz CT molecular complexity index is 1390. The van der Waals surface area contributed by atoms with Crippen LogP contribution in [0.2, 0.25) is 5.02 Å². The van der Waals surface area contributed by atoms with E-state index in [2.05, 4.69) is 26.4 Å². The normalized spacial score (nSPS) is 16.2. The number of anilines is 1. The highest BCUT2D eigenvalue weighted by Gasteiger charge is 2.42. The van der Waals surface area contributed by atoms with E-state index in [1.54, 1.807) is 6.07 Å². The zero-order valence-corrected chi connectivity index (χ0v) is 19.3. The van der Waals surface area contributed by atoms with Crippen LogP contribution in [-0.4, -0.2) is 29.4 Å². The van der Waals surface area contributed by atoms with Crippen LogP contribution in [0.1, 0.15) is 49.4 Å². The Morgan fingerprint density at radius 2 is 1.91 bits per heavy atom. The van der Waals surface area contributed by atoms with Gasteiger partial charge in [0.2, 0.25) is 21.8 Å². The third kappa shape index (κ3) is 3.57. The number of nitrogens with one attached hydrogen (secondary N) is 1. The standard InChI is InChI=1S/C23H23ClN4O3S/c1-3-23(16-9-11-17(24)12-10-16,22-26-25-21(31-22)15-7-8-15)28-14-13-18-19(27-32(2,29)30)5-4-6-20(18)28/h4-6,9-15,27H,3,7-8H2,1-2H3. The summed E-state index contributed by atoms with van der Waals surface area (Å²) in [5, 5.41) is 10.2. The zero-order valence-electron chi connectivity index (χ0n) is 17.7. The molecule has 166 valence electrons. The molecule has 7 nitrogen and oxygen atoms in total. The van der Waals surface area contributed by atoms with E-state index in [0.717, 1.165) is 35.6 Å². The maximum absolute atomic E-state index is 11.9. The molecule has 5 rings (SSSR count). The molecule has 1 unspecified atom stereocenters. The summed E-state index contributed by atoms with van der Waals surface area (Å²) in [5.41, 5.74) is 1.54. The fourth-order valence-corrected chi connectivity index (χ4v) is 5.01. The van der Waals surface area contributed by atoms with Crippen molar-refractivity contribution in [2.75, 3.05) is 11.0 Å². The average Bonchev–Trinajstić information content (AvgIpc) is 3.31. The highest BCUT2D eigenvalue weighted by molar-refractivity contribution is 7.92. The highest BCUT2D eigenvalue weighted by atomic mass is 35.5. The van der Waals surface area contributed by atoms with Crippen LogP contribution < -0.4 is 4.72 Å². The second-order valence-electron chi connectivity index (χ2n) is 8.24. The van der Waals surface area contributed by atoms with Crippen LogP contribution in [0, 0.1) is 0 Å². The first-order chi connectivity index (χ1) is 15.3. The molecule has 2 heterocycles. The maximum atomic E-state index is 11.9. The van der Waals surface area contributed by atoms with Gasteiger partial charge in [0.15, 0.2) is 0 Å². The van der Waals surface area contributed by atoms with E-state index in [1.165, 1.54) is 0 Å². The molecule has 1 N–H and O–H groups in total. The molecule has 0 bridgehead atoms. The van der Waals surface area contributed by atoms with E-state index in [4.69, 9.17) is 16.0 Å². The number of hydrogen-bond donors (Lipinski definition) is 1. The second kappa shape index (κ2) is 7.64. The summed E-state index contributed by atoms with van der Waals surface area (Å²) in [4.78, 5) is 0. The lowest BCUT2D eigenvalue weighted by molar-refractivity contribution is 0.311. The molecule has 1 aliphatic rings. The molecule has 9 heteroatoms. The van der Waals surface area contributed by atoms with Gasteiger partial charge in [-0.2, -0.15) is 0 Å². The second-order valence-corrected chi connectivity index (χ2v) is 10.4. The Labute approximate surface area is 191 Å². The van der Waals surface area contributed by atoms with Gasteiger partial charge >= 0.3 is 0 Å². The Balaban J connectivity index is 1.76. The van der Waals surface area contributed by atoms with Gasteiger partial charge in [-0.15, -0.1) is 10.2 Å². The molecule has 0 radical (unpaired) electrons. The third-order valence-electron chi connectivity index (χ3n) is 5.99. The van der Waals surface area contributed by atoms with Crippen molar-refractivity contribution in [3.05, 3.63) is 77.1 Å². The first kappa shape index (κ1) is 21.0. The van der Waals surface area contributed by atoms with E-state index in [-0.39, 0.29) is 0 Å². The smallest absolute Gasteiger partial charge is 0.246 e. The summed E-state index contributed by atoms with van der Waals surface area (Å²) in [5.74, 6) is 1.51. The van der Waals surface area contributed by atoms with E-state index in [9.17, 15) is 8.42 Å². The molecule has 32 heavy (non-hydrogen) atoms. The molecule has 4 aromatic rings. The van der Waals surface area contributed by atoms with E-state index in [0.29, 0.717) is 34.8 Å². The average molecular weight is 471 g/mol. The number of halogens is 1. The van der Waals surface area contributed by atoms with Crippen molar-refractivity contribution in [3.63, 3.8) is 0 Å². The molecule has 0 amide bonds. The molecule has 0 saturated heterocycles. The number of rotatable bonds is 7. The predicted octanol–water partition coefficient (Wildman–Crippen LogP) is 5.13. The van der Waals surface area contributed by atoms with Crippen molar-refractivity contribution in [1.29, 1.82) is 0 Å².